The van der Waals surface area contributed by atoms with Crippen LogP contribution in [0.3, 0.4) is 0 Å². The van der Waals surface area contributed by atoms with E-state index < -0.39 is 0 Å². The molecule has 1 aromatic rings. The first-order valence-electron chi connectivity index (χ1n) is 5.92. The van der Waals surface area contributed by atoms with Crippen molar-refractivity contribution in [2.45, 2.75) is 39.8 Å². The van der Waals surface area contributed by atoms with E-state index in [-0.39, 0.29) is 6.04 Å². The first-order valence-corrected chi connectivity index (χ1v) is 5.92. The highest BCUT2D eigenvalue weighted by atomic mass is 16.5. The van der Waals surface area contributed by atoms with E-state index in [1.165, 1.54) is 5.56 Å². The molecular weight excluding hydrogens is 202 g/mol. The van der Waals surface area contributed by atoms with E-state index in [4.69, 9.17) is 10.5 Å². The zero-order chi connectivity index (χ0) is 12.0. The van der Waals surface area contributed by atoms with Crippen molar-refractivity contribution in [3.63, 3.8) is 0 Å². The van der Waals surface area contributed by atoms with E-state index in [1.54, 1.807) is 0 Å². The molecule has 0 aliphatic carbocycles. The third kappa shape index (κ3) is 5.28. The highest BCUT2D eigenvalue weighted by molar-refractivity contribution is 5.05. The van der Waals surface area contributed by atoms with Gasteiger partial charge in [-0.1, -0.05) is 13.8 Å². The van der Waals surface area contributed by atoms with E-state index in [2.05, 4.69) is 18.9 Å². The van der Waals surface area contributed by atoms with E-state index in [9.17, 15) is 0 Å². The van der Waals surface area contributed by atoms with Gasteiger partial charge in [-0.25, -0.2) is 0 Å². The molecule has 0 saturated heterocycles. The summed E-state index contributed by atoms with van der Waals surface area (Å²) in [5.74, 6) is 0.589. The quantitative estimate of drug-likeness (QED) is 0.714. The molecule has 0 saturated carbocycles. The van der Waals surface area contributed by atoms with Gasteiger partial charge < -0.3 is 10.5 Å². The Bertz CT molecular complexity index is 294. The van der Waals surface area contributed by atoms with Crippen molar-refractivity contribution in [1.82, 2.24) is 9.78 Å². The van der Waals surface area contributed by atoms with Crippen molar-refractivity contribution in [1.29, 1.82) is 0 Å². The Morgan fingerprint density at radius 3 is 2.81 bits per heavy atom. The van der Waals surface area contributed by atoms with Crippen molar-refractivity contribution in [3.05, 3.63) is 18.0 Å². The summed E-state index contributed by atoms with van der Waals surface area (Å²) in [4.78, 5) is 0. The molecular formula is C12H23N3O. The van der Waals surface area contributed by atoms with Crippen molar-refractivity contribution >= 4 is 0 Å². The fourth-order valence-corrected chi connectivity index (χ4v) is 1.48. The Balaban J connectivity index is 2.24. The molecule has 1 heterocycles. The van der Waals surface area contributed by atoms with Crippen LogP contribution in [0.5, 0.6) is 0 Å². The topological polar surface area (TPSA) is 53.1 Å². The Morgan fingerprint density at radius 1 is 1.44 bits per heavy atom. The van der Waals surface area contributed by atoms with E-state index in [0.29, 0.717) is 5.92 Å². The second-order valence-corrected chi connectivity index (χ2v) is 4.76. The number of hydrogen-bond donors (Lipinski definition) is 1. The van der Waals surface area contributed by atoms with Crippen molar-refractivity contribution in [3.8, 4) is 0 Å². The standard InChI is InChI=1S/C12H23N3O/c1-10(2)9-16-5-4-15-8-12(7-14-15)6-11(3)13/h7-8,10-11H,4-6,9,13H2,1-3H3. The van der Waals surface area contributed by atoms with Gasteiger partial charge in [-0.05, 0) is 24.8 Å². The monoisotopic (exact) mass is 225 g/mol. The van der Waals surface area contributed by atoms with Gasteiger partial charge in [-0.15, -0.1) is 0 Å². The first-order chi connectivity index (χ1) is 7.58. The van der Waals surface area contributed by atoms with Crippen LogP contribution in [-0.2, 0) is 17.7 Å². The Labute approximate surface area is 97.8 Å². The Morgan fingerprint density at radius 2 is 2.19 bits per heavy atom. The molecule has 1 aromatic heterocycles. The smallest absolute Gasteiger partial charge is 0.0662 e. The van der Waals surface area contributed by atoms with Gasteiger partial charge in [0, 0.05) is 18.8 Å². The molecule has 0 amide bonds. The molecule has 1 rings (SSSR count). The summed E-state index contributed by atoms with van der Waals surface area (Å²) < 4.78 is 7.42. The fraction of sp³-hybridized carbons (Fsp3) is 0.750. The van der Waals surface area contributed by atoms with Gasteiger partial charge in [0.05, 0.1) is 19.3 Å². The van der Waals surface area contributed by atoms with Gasteiger partial charge in [-0.2, -0.15) is 5.10 Å². The second kappa shape index (κ2) is 6.66. The zero-order valence-electron chi connectivity index (χ0n) is 10.5. The van der Waals surface area contributed by atoms with Crippen LogP contribution in [0.1, 0.15) is 26.3 Å². The molecule has 2 N–H and O–H groups in total. The molecule has 0 radical (unpaired) electrons. The Hall–Kier alpha value is -0.870. The van der Waals surface area contributed by atoms with Gasteiger partial charge in [0.1, 0.15) is 0 Å². The molecule has 0 spiro atoms. The SMILES string of the molecule is CC(C)COCCn1cc(CC(C)N)cn1. The third-order valence-corrected chi connectivity index (χ3v) is 2.16. The number of nitrogens with two attached hydrogens (primary N) is 1. The summed E-state index contributed by atoms with van der Waals surface area (Å²) in [7, 11) is 0. The lowest BCUT2D eigenvalue weighted by molar-refractivity contribution is 0.101. The summed E-state index contributed by atoms with van der Waals surface area (Å²) in [5, 5.41) is 4.27. The summed E-state index contributed by atoms with van der Waals surface area (Å²) in [6.45, 7) is 8.64. The Kier molecular flexibility index (Phi) is 5.49. The normalized spacial score (nSPS) is 13.3. The van der Waals surface area contributed by atoms with Gasteiger partial charge >= 0.3 is 0 Å². The summed E-state index contributed by atoms with van der Waals surface area (Å²) in [6.07, 6.45) is 4.81. The number of hydrogen-bond acceptors (Lipinski definition) is 3. The fourth-order valence-electron chi connectivity index (χ4n) is 1.48. The van der Waals surface area contributed by atoms with Gasteiger partial charge in [0.2, 0.25) is 0 Å². The van der Waals surface area contributed by atoms with Crippen molar-refractivity contribution < 1.29 is 4.74 Å². The van der Waals surface area contributed by atoms with Crippen molar-refractivity contribution in [2.75, 3.05) is 13.2 Å². The maximum absolute atomic E-state index is 5.73. The maximum atomic E-state index is 5.73. The lowest BCUT2D eigenvalue weighted by atomic mass is 10.1. The zero-order valence-corrected chi connectivity index (χ0v) is 10.5. The third-order valence-electron chi connectivity index (χ3n) is 2.16. The minimum atomic E-state index is 0.190. The number of rotatable bonds is 7. The minimum absolute atomic E-state index is 0.190. The predicted molar refractivity (Wildman–Crippen MR) is 65.2 cm³/mol. The van der Waals surface area contributed by atoms with E-state index >= 15 is 0 Å². The number of ether oxygens (including phenoxy) is 1. The van der Waals surface area contributed by atoms with Gasteiger partial charge in [0.25, 0.3) is 0 Å². The highest BCUT2D eigenvalue weighted by Crippen LogP contribution is 2.01. The number of aromatic nitrogens is 2. The summed E-state index contributed by atoms with van der Waals surface area (Å²) >= 11 is 0. The van der Waals surface area contributed by atoms with E-state index in [0.717, 1.165) is 26.2 Å². The van der Waals surface area contributed by atoms with Crippen LogP contribution in [0.2, 0.25) is 0 Å². The number of nitrogens with zero attached hydrogens (tertiary/aromatic N) is 2. The molecule has 92 valence electrons. The maximum Gasteiger partial charge on any atom is 0.0662 e. The molecule has 0 aromatic carbocycles. The molecule has 0 aliphatic heterocycles. The van der Waals surface area contributed by atoms with Gasteiger partial charge in [0.15, 0.2) is 0 Å². The molecule has 1 unspecified atom stereocenters. The molecule has 0 fully saturated rings. The molecule has 0 bridgehead atoms. The summed E-state index contributed by atoms with van der Waals surface area (Å²) in [6, 6.07) is 0.190. The molecule has 4 heteroatoms. The summed E-state index contributed by atoms with van der Waals surface area (Å²) in [5.41, 5.74) is 6.92. The second-order valence-electron chi connectivity index (χ2n) is 4.76. The first kappa shape index (κ1) is 13.2. The van der Waals surface area contributed by atoms with Crippen LogP contribution in [0.15, 0.2) is 12.4 Å². The predicted octanol–water partition coefficient (Wildman–Crippen LogP) is 1.45. The lowest BCUT2D eigenvalue weighted by Gasteiger charge is -2.06. The largest absolute Gasteiger partial charge is 0.379 e. The van der Waals surface area contributed by atoms with Crippen LogP contribution in [0.4, 0.5) is 0 Å². The molecule has 16 heavy (non-hydrogen) atoms. The lowest BCUT2D eigenvalue weighted by Crippen LogP contribution is -2.17. The van der Waals surface area contributed by atoms with E-state index in [1.807, 2.05) is 24.0 Å². The molecule has 1 atom stereocenters. The average Bonchev–Trinajstić information content (AvgIpc) is 2.59. The van der Waals surface area contributed by atoms with Gasteiger partial charge in [-0.3, -0.25) is 4.68 Å². The van der Waals surface area contributed by atoms with Crippen LogP contribution < -0.4 is 5.73 Å². The highest BCUT2D eigenvalue weighted by Gasteiger charge is 2.01. The minimum Gasteiger partial charge on any atom is -0.379 e. The van der Waals surface area contributed by atoms with Crippen LogP contribution in [-0.4, -0.2) is 29.0 Å². The van der Waals surface area contributed by atoms with Crippen molar-refractivity contribution in [2.24, 2.45) is 11.7 Å². The molecule has 0 aliphatic rings. The molecule has 4 nitrogen and oxygen atoms in total. The van der Waals surface area contributed by atoms with Crippen LogP contribution in [0.25, 0.3) is 0 Å². The average molecular weight is 225 g/mol. The van der Waals surface area contributed by atoms with Crippen LogP contribution >= 0.6 is 0 Å². The van der Waals surface area contributed by atoms with Crippen LogP contribution in [0, 0.1) is 5.92 Å².